The van der Waals surface area contributed by atoms with E-state index >= 15 is 0 Å². The van der Waals surface area contributed by atoms with E-state index < -0.39 is 6.04 Å². The molecule has 0 spiro atoms. The number of ether oxygens (including phenoxy) is 1. The van der Waals surface area contributed by atoms with Crippen LogP contribution >= 0.6 is 0 Å². The number of benzene rings is 3. The van der Waals surface area contributed by atoms with Crippen molar-refractivity contribution in [2.45, 2.75) is 13.0 Å². The minimum absolute atomic E-state index is 0.285. The van der Waals surface area contributed by atoms with Gasteiger partial charge in [-0.1, -0.05) is 78.9 Å². The van der Waals surface area contributed by atoms with Crippen LogP contribution in [0.2, 0.25) is 0 Å². The highest BCUT2D eigenvalue weighted by atomic mass is 19.1. The Bertz CT molecular complexity index is 896. The molecule has 0 aromatic heterocycles. The normalized spacial score (nSPS) is 11.5. The molecule has 0 aliphatic rings. The number of hydrogen-bond donors (Lipinski definition) is 1. The molecule has 0 radical (unpaired) electrons. The second kappa shape index (κ2) is 10.3. The predicted octanol–water partition coefficient (Wildman–Crippen LogP) is 5.15. The zero-order chi connectivity index (χ0) is 20.5. The van der Waals surface area contributed by atoms with Crippen LogP contribution in [0.1, 0.15) is 29.7 Å². The maximum absolute atomic E-state index is 13.3. The van der Waals surface area contributed by atoms with E-state index in [2.05, 4.69) is 35.7 Å². The topological polar surface area (TPSA) is 38.3 Å². The Hall–Kier alpha value is -3.24. The Morgan fingerprint density at radius 3 is 2.00 bits per heavy atom. The monoisotopic (exact) mass is 389 g/mol. The molecular formula is C25H24FNO2. The molecular weight excluding hydrogens is 365 g/mol. The third-order valence-corrected chi connectivity index (χ3v) is 4.52. The maximum Gasteiger partial charge on any atom is 0.327 e. The van der Waals surface area contributed by atoms with Gasteiger partial charge in [0, 0.05) is 6.54 Å². The molecule has 148 valence electrons. The highest BCUT2D eigenvalue weighted by molar-refractivity contribution is 5.80. The van der Waals surface area contributed by atoms with E-state index in [9.17, 15) is 9.18 Å². The van der Waals surface area contributed by atoms with E-state index in [1.54, 1.807) is 19.1 Å². The van der Waals surface area contributed by atoms with Crippen LogP contribution in [0.4, 0.5) is 4.39 Å². The summed E-state index contributed by atoms with van der Waals surface area (Å²) in [6.45, 7) is 2.50. The van der Waals surface area contributed by atoms with Crippen molar-refractivity contribution in [1.29, 1.82) is 0 Å². The van der Waals surface area contributed by atoms with Crippen molar-refractivity contribution < 1.29 is 13.9 Å². The first-order chi connectivity index (χ1) is 14.2. The lowest BCUT2D eigenvalue weighted by Gasteiger charge is -2.17. The van der Waals surface area contributed by atoms with E-state index in [1.807, 2.05) is 36.4 Å². The van der Waals surface area contributed by atoms with Gasteiger partial charge in [-0.3, -0.25) is 5.32 Å². The standard InChI is InChI=1S/C25H24FNO2/c1-2-29-25(28)24(21-13-15-22(26)16-14-21)27-18-17-23(19-9-5-3-6-10-19)20-11-7-4-8-12-20/h3-17,24,27H,2,18H2,1H3. The average molecular weight is 389 g/mol. The quantitative estimate of drug-likeness (QED) is 0.542. The van der Waals surface area contributed by atoms with E-state index in [0.29, 0.717) is 12.1 Å². The second-order valence-corrected chi connectivity index (χ2v) is 6.49. The number of halogens is 1. The van der Waals surface area contributed by atoms with Gasteiger partial charge in [0.25, 0.3) is 0 Å². The van der Waals surface area contributed by atoms with Crippen LogP contribution in [0.3, 0.4) is 0 Å². The van der Waals surface area contributed by atoms with Gasteiger partial charge in [-0.05, 0) is 41.3 Å². The molecule has 1 atom stereocenters. The van der Waals surface area contributed by atoms with Gasteiger partial charge in [0.1, 0.15) is 11.9 Å². The van der Waals surface area contributed by atoms with Crippen LogP contribution in [0.5, 0.6) is 0 Å². The van der Waals surface area contributed by atoms with Gasteiger partial charge >= 0.3 is 5.97 Å². The van der Waals surface area contributed by atoms with Crippen LogP contribution in [0.25, 0.3) is 5.57 Å². The van der Waals surface area contributed by atoms with Crippen LogP contribution in [0.15, 0.2) is 91.0 Å². The second-order valence-electron chi connectivity index (χ2n) is 6.49. The van der Waals surface area contributed by atoms with E-state index in [1.165, 1.54) is 12.1 Å². The third-order valence-electron chi connectivity index (χ3n) is 4.52. The number of rotatable bonds is 8. The third kappa shape index (κ3) is 5.62. The number of hydrogen-bond acceptors (Lipinski definition) is 3. The molecule has 3 aromatic carbocycles. The molecule has 1 unspecified atom stereocenters. The Labute approximate surface area is 170 Å². The summed E-state index contributed by atoms with van der Waals surface area (Å²) in [5, 5.41) is 3.24. The first-order valence-corrected chi connectivity index (χ1v) is 9.65. The Kier molecular flexibility index (Phi) is 7.31. The largest absolute Gasteiger partial charge is 0.465 e. The molecule has 4 heteroatoms. The van der Waals surface area contributed by atoms with Crippen molar-refractivity contribution in [3.05, 3.63) is 114 Å². The van der Waals surface area contributed by atoms with Crippen LogP contribution in [0, 0.1) is 5.82 Å². The van der Waals surface area contributed by atoms with Gasteiger partial charge in [-0.2, -0.15) is 0 Å². The SMILES string of the molecule is CCOC(=O)C(NCC=C(c1ccccc1)c1ccccc1)c1ccc(F)cc1. The predicted molar refractivity (Wildman–Crippen MR) is 114 cm³/mol. The molecule has 0 amide bonds. The number of carbonyl (C=O) groups excluding carboxylic acids is 1. The number of esters is 1. The average Bonchev–Trinajstić information content (AvgIpc) is 2.76. The van der Waals surface area contributed by atoms with Crippen molar-refractivity contribution in [3.8, 4) is 0 Å². The number of carbonyl (C=O) groups is 1. The van der Waals surface area contributed by atoms with Crippen LogP contribution in [-0.2, 0) is 9.53 Å². The molecule has 0 aliphatic heterocycles. The van der Waals surface area contributed by atoms with Crippen molar-refractivity contribution in [2.24, 2.45) is 0 Å². The lowest BCUT2D eigenvalue weighted by molar-refractivity contribution is -0.145. The smallest absolute Gasteiger partial charge is 0.327 e. The first-order valence-electron chi connectivity index (χ1n) is 9.65. The zero-order valence-electron chi connectivity index (χ0n) is 16.3. The Morgan fingerprint density at radius 2 is 1.48 bits per heavy atom. The minimum atomic E-state index is -0.667. The molecule has 0 saturated heterocycles. The fourth-order valence-electron chi connectivity index (χ4n) is 3.13. The summed E-state index contributed by atoms with van der Waals surface area (Å²) >= 11 is 0. The van der Waals surface area contributed by atoms with E-state index in [-0.39, 0.29) is 18.4 Å². The molecule has 0 fully saturated rings. The molecule has 3 aromatic rings. The van der Waals surface area contributed by atoms with Gasteiger partial charge in [-0.25, -0.2) is 9.18 Å². The zero-order valence-corrected chi connectivity index (χ0v) is 16.3. The maximum atomic E-state index is 13.3. The molecule has 3 rings (SSSR count). The summed E-state index contributed by atoms with van der Waals surface area (Å²) in [6, 6.07) is 25.4. The molecule has 29 heavy (non-hydrogen) atoms. The summed E-state index contributed by atoms with van der Waals surface area (Å²) in [4.78, 5) is 12.4. The van der Waals surface area contributed by atoms with Crippen LogP contribution < -0.4 is 5.32 Å². The van der Waals surface area contributed by atoms with Crippen molar-refractivity contribution in [2.75, 3.05) is 13.2 Å². The lowest BCUT2D eigenvalue weighted by atomic mass is 9.97. The van der Waals surface area contributed by atoms with Gasteiger partial charge in [-0.15, -0.1) is 0 Å². The lowest BCUT2D eigenvalue weighted by Crippen LogP contribution is -2.30. The summed E-state index contributed by atoms with van der Waals surface area (Å²) < 4.78 is 18.5. The van der Waals surface area contributed by atoms with Gasteiger partial charge < -0.3 is 4.74 Å². The highest BCUT2D eigenvalue weighted by Gasteiger charge is 2.21. The highest BCUT2D eigenvalue weighted by Crippen LogP contribution is 2.23. The summed E-state index contributed by atoms with van der Waals surface area (Å²) in [7, 11) is 0. The fraction of sp³-hybridized carbons (Fsp3) is 0.160. The Morgan fingerprint density at radius 1 is 0.931 bits per heavy atom. The molecule has 0 saturated carbocycles. The van der Waals surface area contributed by atoms with Crippen molar-refractivity contribution >= 4 is 11.5 Å². The van der Waals surface area contributed by atoms with Crippen LogP contribution in [-0.4, -0.2) is 19.1 Å². The summed E-state index contributed by atoms with van der Waals surface area (Å²) in [6.07, 6.45) is 2.06. The molecule has 0 aliphatic carbocycles. The Balaban J connectivity index is 1.85. The first kappa shape index (κ1) is 20.5. The van der Waals surface area contributed by atoms with E-state index in [4.69, 9.17) is 4.74 Å². The van der Waals surface area contributed by atoms with Gasteiger partial charge in [0.05, 0.1) is 6.61 Å². The van der Waals surface area contributed by atoms with Gasteiger partial charge in [0.2, 0.25) is 0 Å². The summed E-state index contributed by atoms with van der Waals surface area (Å²) in [5.41, 5.74) is 3.92. The molecule has 1 N–H and O–H groups in total. The fourth-order valence-corrected chi connectivity index (χ4v) is 3.13. The summed E-state index contributed by atoms with van der Waals surface area (Å²) in [5.74, 6) is -0.722. The molecule has 0 heterocycles. The van der Waals surface area contributed by atoms with Crippen molar-refractivity contribution in [1.82, 2.24) is 5.32 Å². The minimum Gasteiger partial charge on any atom is -0.465 e. The van der Waals surface area contributed by atoms with Gasteiger partial charge in [0.15, 0.2) is 0 Å². The number of nitrogens with one attached hydrogen (secondary N) is 1. The van der Waals surface area contributed by atoms with Crippen molar-refractivity contribution in [3.63, 3.8) is 0 Å². The molecule has 3 nitrogen and oxygen atoms in total. The molecule has 0 bridgehead atoms. The van der Waals surface area contributed by atoms with E-state index in [0.717, 1.165) is 16.7 Å².